The molecular weight excluding hydrogens is 250 g/mol. The van der Waals surface area contributed by atoms with Crippen LogP contribution in [0.2, 0.25) is 0 Å². The van der Waals surface area contributed by atoms with E-state index in [4.69, 9.17) is 0 Å². The second kappa shape index (κ2) is 5.36. The number of aliphatic imine (C=N–C) groups is 1. The highest BCUT2D eigenvalue weighted by atomic mass is 15.3. The van der Waals surface area contributed by atoms with Crippen LogP contribution < -0.4 is 10.2 Å². The molecule has 5 nitrogen and oxygen atoms in total. The molecule has 5 heteroatoms. The standard InChI is InChI=1S/C15H19N5/c1-16-15(17-9-12-10-18-19(2)11-12)20-8-7-13-5-3-4-6-14(13)20/h3-6,10-11H,7-9H2,1-2H3,(H,16,17). The van der Waals surface area contributed by atoms with Gasteiger partial charge in [0.25, 0.3) is 0 Å². The van der Waals surface area contributed by atoms with Gasteiger partial charge in [-0.25, -0.2) is 0 Å². The van der Waals surface area contributed by atoms with Crippen LogP contribution in [0.5, 0.6) is 0 Å². The van der Waals surface area contributed by atoms with E-state index < -0.39 is 0 Å². The average molecular weight is 269 g/mol. The van der Waals surface area contributed by atoms with Crippen LogP contribution in [0, 0.1) is 0 Å². The number of guanidine groups is 1. The maximum absolute atomic E-state index is 4.40. The third kappa shape index (κ3) is 2.39. The molecule has 0 aliphatic carbocycles. The quantitative estimate of drug-likeness (QED) is 0.665. The first kappa shape index (κ1) is 12.7. The largest absolute Gasteiger partial charge is 0.352 e. The molecule has 1 aromatic heterocycles. The molecule has 1 aromatic carbocycles. The second-order valence-electron chi connectivity index (χ2n) is 4.95. The van der Waals surface area contributed by atoms with E-state index in [1.54, 1.807) is 0 Å². The van der Waals surface area contributed by atoms with Gasteiger partial charge in [-0.15, -0.1) is 0 Å². The summed E-state index contributed by atoms with van der Waals surface area (Å²) in [6.45, 7) is 1.71. The summed E-state index contributed by atoms with van der Waals surface area (Å²) in [7, 11) is 3.75. The molecule has 1 aliphatic rings. The van der Waals surface area contributed by atoms with Crippen LogP contribution >= 0.6 is 0 Å². The number of hydrogen-bond donors (Lipinski definition) is 1. The van der Waals surface area contributed by atoms with Crippen molar-refractivity contribution in [3.8, 4) is 0 Å². The number of fused-ring (bicyclic) bond motifs is 1. The van der Waals surface area contributed by atoms with Gasteiger partial charge in [0.05, 0.1) is 6.20 Å². The van der Waals surface area contributed by atoms with Crippen LogP contribution in [0.1, 0.15) is 11.1 Å². The highest BCUT2D eigenvalue weighted by Gasteiger charge is 2.22. The van der Waals surface area contributed by atoms with E-state index in [0.717, 1.165) is 31.0 Å². The van der Waals surface area contributed by atoms with E-state index >= 15 is 0 Å². The van der Waals surface area contributed by atoms with Gasteiger partial charge in [-0.1, -0.05) is 18.2 Å². The van der Waals surface area contributed by atoms with Gasteiger partial charge in [0.2, 0.25) is 0 Å². The Morgan fingerprint density at radius 3 is 3.00 bits per heavy atom. The predicted octanol–water partition coefficient (Wildman–Crippen LogP) is 1.56. The maximum atomic E-state index is 4.40. The molecule has 0 spiro atoms. The van der Waals surface area contributed by atoms with Gasteiger partial charge in [0.15, 0.2) is 5.96 Å². The number of benzene rings is 1. The number of aryl methyl sites for hydroxylation is 1. The number of aromatic nitrogens is 2. The normalized spacial score (nSPS) is 14.5. The van der Waals surface area contributed by atoms with Crippen molar-refractivity contribution in [1.82, 2.24) is 15.1 Å². The van der Waals surface area contributed by atoms with Crippen LogP contribution in [-0.4, -0.2) is 29.3 Å². The molecule has 0 radical (unpaired) electrons. The summed E-state index contributed by atoms with van der Waals surface area (Å²) in [6.07, 6.45) is 4.96. The van der Waals surface area contributed by atoms with Crippen molar-refractivity contribution < 1.29 is 0 Å². The fourth-order valence-electron chi connectivity index (χ4n) is 2.60. The van der Waals surface area contributed by atoms with Crippen LogP contribution in [0.3, 0.4) is 0 Å². The lowest BCUT2D eigenvalue weighted by atomic mass is 10.2. The van der Waals surface area contributed by atoms with E-state index in [9.17, 15) is 0 Å². The molecule has 2 aromatic rings. The molecular formula is C15H19N5. The Kier molecular flexibility index (Phi) is 3.41. The van der Waals surface area contributed by atoms with Crippen LogP contribution in [0.15, 0.2) is 41.7 Å². The molecule has 1 aliphatic heterocycles. The molecule has 0 amide bonds. The van der Waals surface area contributed by atoms with Crippen molar-refractivity contribution in [2.24, 2.45) is 12.0 Å². The highest BCUT2D eigenvalue weighted by Crippen LogP contribution is 2.27. The summed E-state index contributed by atoms with van der Waals surface area (Å²) in [5.74, 6) is 0.916. The molecule has 0 saturated carbocycles. The fourth-order valence-corrected chi connectivity index (χ4v) is 2.60. The highest BCUT2D eigenvalue weighted by molar-refractivity contribution is 5.97. The Labute approximate surface area is 118 Å². The summed E-state index contributed by atoms with van der Waals surface area (Å²) in [5.41, 5.74) is 3.80. The Balaban J connectivity index is 1.72. The molecule has 104 valence electrons. The zero-order chi connectivity index (χ0) is 13.9. The predicted molar refractivity (Wildman–Crippen MR) is 80.9 cm³/mol. The van der Waals surface area contributed by atoms with Gasteiger partial charge in [-0.3, -0.25) is 9.67 Å². The minimum atomic E-state index is 0.735. The summed E-state index contributed by atoms with van der Waals surface area (Å²) in [4.78, 5) is 6.64. The number of para-hydroxylation sites is 1. The number of nitrogens with zero attached hydrogens (tertiary/aromatic N) is 4. The number of anilines is 1. The summed E-state index contributed by atoms with van der Waals surface area (Å²) in [6, 6.07) is 8.50. The average Bonchev–Trinajstić information content (AvgIpc) is 3.07. The van der Waals surface area contributed by atoms with E-state index in [-0.39, 0.29) is 0 Å². The Bertz CT molecular complexity index is 629. The van der Waals surface area contributed by atoms with Gasteiger partial charge in [0, 0.05) is 44.6 Å². The molecule has 0 unspecified atom stereocenters. The molecule has 20 heavy (non-hydrogen) atoms. The first-order valence-corrected chi connectivity index (χ1v) is 6.81. The monoisotopic (exact) mass is 269 g/mol. The summed E-state index contributed by atoms with van der Waals surface area (Å²) < 4.78 is 1.81. The minimum absolute atomic E-state index is 0.735. The van der Waals surface area contributed by atoms with E-state index in [0.29, 0.717) is 0 Å². The summed E-state index contributed by atoms with van der Waals surface area (Å²) in [5, 5.41) is 7.58. The van der Waals surface area contributed by atoms with Crippen molar-refractivity contribution in [3.05, 3.63) is 47.8 Å². The molecule has 2 heterocycles. The third-order valence-corrected chi connectivity index (χ3v) is 3.56. The van der Waals surface area contributed by atoms with Crippen LogP contribution in [0.25, 0.3) is 0 Å². The third-order valence-electron chi connectivity index (χ3n) is 3.56. The van der Waals surface area contributed by atoms with Crippen LogP contribution in [0.4, 0.5) is 5.69 Å². The second-order valence-corrected chi connectivity index (χ2v) is 4.95. The Morgan fingerprint density at radius 2 is 2.25 bits per heavy atom. The molecule has 3 rings (SSSR count). The Morgan fingerprint density at radius 1 is 1.40 bits per heavy atom. The first-order chi connectivity index (χ1) is 9.78. The topological polar surface area (TPSA) is 45.5 Å². The first-order valence-electron chi connectivity index (χ1n) is 6.81. The lowest BCUT2D eigenvalue weighted by Gasteiger charge is -2.22. The van der Waals surface area contributed by atoms with Gasteiger partial charge in [-0.2, -0.15) is 5.10 Å². The molecule has 0 fully saturated rings. The lowest BCUT2D eigenvalue weighted by molar-refractivity contribution is 0.766. The van der Waals surface area contributed by atoms with Crippen molar-refractivity contribution in [1.29, 1.82) is 0 Å². The van der Waals surface area contributed by atoms with Gasteiger partial charge in [0.1, 0.15) is 0 Å². The van der Waals surface area contributed by atoms with Gasteiger partial charge >= 0.3 is 0 Å². The SMILES string of the molecule is CN=C(NCc1cnn(C)c1)N1CCc2ccccc21. The molecule has 0 bridgehead atoms. The number of rotatable bonds is 2. The van der Waals surface area contributed by atoms with Crippen molar-refractivity contribution in [2.45, 2.75) is 13.0 Å². The number of nitrogens with one attached hydrogen (secondary N) is 1. The van der Waals surface area contributed by atoms with Gasteiger partial charge in [-0.05, 0) is 18.1 Å². The maximum Gasteiger partial charge on any atom is 0.198 e. The van der Waals surface area contributed by atoms with Crippen LogP contribution in [-0.2, 0) is 20.0 Å². The molecule has 0 atom stereocenters. The van der Waals surface area contributed by atoms with Crippen molar-refractivity contribution >= 4 is 11.6 Å². The Hall–Kier alpha value is -2.30. The smallest absolute Gasteiger partial charge is 0.198 e. The van der Waals surface area contributed by atoms with Gasteiger partial charge < -0.3 is 10.2 Å². The van der Waals surface area contributed by atoms with Crippen molar-refractivity contribution in [2.75, 3.05) is 18.5 Å². The molecule has 1 N–H and O–H groups in total. The minimum Gasteiger partial charge on any atom is -0.352 e. The van der Waals surface area contributed by atoms with E-state index in [1.807, 2.05) is 31.2 Å². The van der Waals surface area contributed by atoms with E-state index in [2.05, 4.69) is 44.6 Å². The van der Waals surface area contributed by atoms with Crippen molar-refractivity contribution in [3.63, 3.8) is 0 Å². The number of hydrogen-bond acceptors (Lipinski definition) is 2. The molecule has 0 saturated heterocycles. The summed E-state index contributed by atoms with van der Waals surface area (Å²) >= 11 is 0. The fraction of sp³-hybridized carbons (Fsp3) is 0.333. The van der Waals surface area contributed by atoms with E-state index in [1.165, 1.54) is 11.3 Å². The lowest BCUT2D eigenvalue weighted by Crippen LogP contribution is -2.40. The zero-order valence-electron chi connectivity index (χ0n) is 11.9. The zero-order valence-corrected chi connectivity index (χ0v) is 11.9.